The monoisotopic (exact) mass is 443 g/mol. The Morgan fingerprint density at radius 3 is 2.52 bits per heavy atom. The summed E-state index contributed by atoms with van der Waals surface area (Å²) in [5.74, 6) is 0.344. The molecule has 7 nitrogen and oxygen atoms in total. The third-order valence-corrected chi connectivity index (χ3v) is 5.85. The van der Waals surface area contributed by atoms with Crippen molar-refractivity contribution in [1.82, 2.24) is 25.2 Å². The van der Waals surface area contributed by atoms with Crippen LogP contribution in [0.5, 0.6) is 0 Å². The summed E-state index contributed by atoms with van der Waals surface area (Å²) < 4.78 is 0. The van der Waals surface area contributed by atoms with Crippen molar-refractivity contribution in [2.24, 2.45) is 5.92 Å². The molecule has 4 rings (SSSR count). The number of pyridine rings is 1. The summed E-state index contributed by atoms with van der Waals surface area (Å²) in [4.78, 5) is 40.1. The second-order valence-electron chi connectivity index (χ2n) is 9.39. The Morgan fingerprint density at radius 2 is 1.88 bits per heavy atom. The summed E-state index contributed by atoms with van der Waals surface area (Å²) in [6, 6.07) is 13.7. The maximum absolute atomic E-state index is 12.7. The number of likely N-dealkylation sites (tertiary alicyclic amines) is 1. The molecule has 1 aromatic carbocycles. The standard InChI is InChI=1S/C26H29N5O2/c1-17-28-15-21(22-7-5-6-12-27-22)24(30-17)19-10-8-18(9-11-19)14-29-25(33)20-13-23(32)31(16-20)26(2,3)4/h5-12,15,20H,13-14,16H2,1-4H3,(H,29,33)/t20-/m1/s1. The van der Waals surface area contributed by atoms with E-state index in [-0.39, 0.29) is 29.7 Å². The zero-order chi connectivity index (χ0) is 23.6. The van der Waals surface area contributed by atoms with E-state index in [1.165, 1.54) is 0 Å². The molecule has 0 unspecified atom stereocenters. The molecule has 2 amide bonds. The number of hydrogen-bond acceptors (Lipinski definition) is 5. The van der Waals surface area contributed by atoms with Crippen LogP contribution in [0.4, 0.5) is 0 Å². The number of nitrogens with one attached hydrogen (secondary N) is 1. The Balaban J connectivity index is 1.44. The molecule has 0 aliphatic carbocycles. The summed E-state index contributed by atoms with van der Waals surface area (Å²) in [6.07, 6.45) is 3.83. The Kier molecular flexibility index (Phi) is 6.22. The van der Waals surface area contributed by atoms with Gasteiger partial charge in [0.15, 0.2) is 0 Å². The third kappa shape index (κ3) is 5.08. The van der Waals surface area contributed by atoms with Crippen molar-refractivity contribution in [3.63, 3.8) is 0 Å². The lowest BCUT2D eigenvalue weighted by molar-refractivity contribution is -0.132. The van der Waals surface area contributed by atoms with E-state index in [0.717, 1.165) is 28.1 Å². The van der Waals surface area contributed by atoms with E-state index in [1.807, 2.05) is 70.2 Å². The predicted octanol–water partition coefficient (Wildman–Crippen LogP) is 3.78. The molecule has 1 atom stereocenters. The first-order valence-corrected chi connectivity index (χ1v) is 11.1. The zero-order valence-electron chi connectivity index (χ0n) is 19.5. The van der Waals surface area contributed by atoms with Gasteiger partial charge < -0.3 is 10.2 Å². The van der Waals surface area contributed by atoms with Crippen molar-refractivity contribution in [1.29, 1.82) is 0 Å². The molecule has 2 aromatic heterocycles. The summed E-state index contributed by atoms with van der Waals surface area (Å²) in [7, 11) is 0. The highest BCUT2D eigenvalue weighted by molar-refractivity contribution is 5.89. The van der Waals surface area contributed by atoms with E-state index in [9.17, 15) is 9.59 Å². The van der Waals surface area contributed by atoms with E-state index in [2.05, 4.69) is 20.3 Å². The van der Waals surface area contributed by atoms with Gasteiger partial charge in [0.25, 0.3) is 0 Å². The Morgan fingerprint density at radius 1 is 1.12 bits per heavy atom. The number of rotatable bonds is 5. The largest absolute Gasteiger partial charge is 0.352 e. The first-order valence-electron chi connectivity index (χ1n) is 11.1. The zero-order valence-corrected chi connectivity index (χ0v) is 19.5. The quantitative estimate of drug-likeness (QED) is 0.648. The lowest BCUT2D eigenvalue weighted by Crippen LogP contribution is -2.43. The van der Waals surface area contributed by atoms with Crippen molar-refractivity contribution in [3.8, 4) is 22.5 Å². The summed E-state index contributed by atoms with van der Waals surface area (Å²) in [5, 5.41) is 2.99. The fourth-order valence-electron chi connectivity index (χ4n) is 4.04. The minimum absolute atomic E-state index is 0.0378. The van der Waals surface area contributed by atoms with Gasteiger partial charge in [-0.05, 0) is 45.4 Å². The molecular weight excluding hydrogens is 414 g/mol. The molecule has 3 aromatic rings. The Hall–Kier alpha value is -3.61. The minimum atomic E-state index is -0.305. The van der Waals surface area contributed by atoms with Gasteiger partial charge >= 0.3 is 0 Å². The fraction of sp³-hybridized carbons (Fsp3) is 0.346. The van der Waals surface area contributed by atoms with Crippen LogP contribution in [0, 0.1) is 12.8 Å². The number of aryl methyl sites for hydroxylation is 1. The highest BCUT2D eigenvalue weighted by atomic mass is 16.2. The van der Waals surface area contributed by atoms with Crippen molar-refractivity contribution in [3.05, 3.63) is 66.2 Å². The Bertz CT molecular complexity index is 1150. The number of nitrogens with zero attached hydrogens (tertiary/aromatic N) is 4. The van der Waals surface area contributed by atoms with Crippen LogP contribution in [0.15, 0.2) is 54.9 Å². The molecule has 1 N–H and O–H groups in total. The number of carbonyl (C=O) groups is 2. The summed E-state index contributed by atoms with van der Waals surface area (Å²) in [5.41, 5.74) is 4.18. The van der Waals surface area contributed by atoms with Crippen LogP contribution in [0.2, 0.25) is 0 Å². The molecular formula is C26H29N5O2. The average molecular weight is 444 g/mol. The molecule has 1 saturated heterocycles. The van der Waals surface area contributed by atoms with Crippen LogP contribution in [0.3, 0.4) is 0 Å². The predicted molar refractivity (Wildman–Crippen MR) is 127 cm³/mol. The maximum Gasteiger partial charge on any atom is 0.225 e. The van der Waals surface area contributed by atoms with Gasteiger partial charge in [0.2, 0.25) is 11.8 Å². The van der Waals surface area contributed by atoms with Crippen LogP contribution in [0.1, 0.15) is 38.6 Å². The van der Waals surface area contributed by atoms with Gasteiger partial charge in [0.05, 0.1) is 17.3 Å². The topological polar surface area (TPSA) is 88.1 Å². The van der Waals surface area contributed by atoms with Crippen molar-refractivity contribution in [2.45, 2.75) is 46.2 Å². The van der Waals surface area contributed by atoms with Gasteiger partial charge in [-0.25, -0.2) is 9.97 Å². The molecule has 0 saturated carbocycles. The van der Waals surface area contributed by atoms with Crippen LogP contribution in [-0.2, 0) is 16.1 Å². The average Bonchev–Trinajstić information content (AvgIpc) is 3.21. The van der Waals surface area contributed by atoms with Crippen molar-refractivity contribution < 1.29 is 9.59 Å². The van der Waals surface area contributed by atoms with Crippen LogP contribution < -0.4 is 5.32 Å². The third-order valence-electron chi connectivity index (χ3n) is 5.85. The lowest BCUT2D eigenvalue weighted by Gasteiger charge is -2.31. The van der Waals surface area contributed by atoms with E-state index in [0.29, 0.717) is 18.9 Å². The van der Waals surface area contributed by atoms with E-state index in [1.54, 1.807) is 17.3 Å². The lowest BCUT2D eigenvalue weighted by atomic mass is 10.0. The molecule has 1 fully saturated rings. The molecule has 1 aliphatic rings. The molecule has 170 valence electrons. The number of aromatic nitrogens is 3. The summed E-state index contributed by atoms with van der Waals surface area (Å²) >= 11 is 0. The normalized spacial score (nSPS) is 16.2. The maximum atomic E-state index is 12.7. The van der Waals surface area contributed by atoms with Gasteiger partial charge in [-0.3, -0.25) is 14.6 Å². The second kappa shape index (κ2) is 9.10. The number of benzene rings is 1. The van der Waals surface area contributed by atoms with Crippen LogP contribution >= 0.6 is 0 Å². The number of amides is 2. The smallest absolute Gasteiger partial charge is 0.225 e. The van der Waals surface area contributed by atoms with E-state index >= 15 is 0 Å². The van der Waals surface area contributed by atoms with Crippen LogP contribution in [-0.4, -0.2) is 43.7 Å². The van der Waals surface area contributed by atoms with Gasteiger partial charge in [-0.2, -0.15) is 0 Å². The van der Waals surface area contributed by atoms with E-state index < -0.39 is 0 Å². The molecule has 0 bridgehead atoms. The molecule has 0 spiro atoms. The fourth-order valence-corrected chi connectivity index (χ4v) is 4.04. The summed E-state index contributed by atoms with van der Waals surface area (Å²) in [6.45, 7) is 8.72. The van der Waals surface area contributed by atoms with Gasteiger partial charge in [0, 0.05) is 48.6 Å². The molecule has 7 heteroatoms. The molecule has 33 heavy (non-hydrogen) atoms. The molecule has 1 aliphatic heterocycles. The van der Waals surface area contributed by atoms with E-state index in [4.69, 9.17) is 0 Å². The number of hydrogen-bond donors (Lipinski definition) is 1. The van der Waals surface area contributed by atoms with Gasteiger partial charge in [-0.1, -0.05) is 30.3 Å². The first-order chi connectivity index (χ1) is 15.7. The highest BCUT2D eigenvalue weighted by Crippen LogP contribution is 2.29. The van der Waals surface area contributed by atoms with Crippen molar-refractivity contribution >= 4 is 11.8 Å². The highest BCUT2D eigenvalue weighted by Gasteiger charge is 2.39. The molecule has 3 heterocycles. The SMILES string of the molecule is Cc1ncc(-c2ccccn2)c(-c2ccc(CNC(=O)[C@@H]3CC(=O)N(C(C)(C)C)C3)cc2)n1. The minimum Gasteiger partial charge on any atom is -0.352 e. The van der Waals surface area contributed by atoms with Crippen LogP contribution in [0.25, 0.3) is 22.5 Å². The van der Waals surface area contributed by atoms with Gasteiger partial charge in [0.1, 0.15) is 5.82 Å². The van der Waals surface area contributed by atoms with Gasteiger partial charge in [-0.15, -0.1) is 0 Å². The first kappa shape index (κ1) is 22.6. The second-order valence-corrected chi connectivity index (χ2v) is 9.39. The Labute approximate surface area is 194 Å². The molecule has 0 radical (unpaired) electrons. The van der Waals surface area contributed by atoms with Crippen molar-refractivity contribution in [2.75, 3.05) is 6.54 Å². The number of carbonyl (C=O) groups excluding carboxylic acids is 2.